The summed E-state index contributed by atoms with van der Waals surface area (Å²) in [6, 6.07) is 3.65. The molecule has 3 atom stereocenters. The Morgan fingerprint density at radius 1 is 1.27 bits per heavy atom. The highest BCUT2D eigenvalue weighted by Crippen LogP contribution is 2.48. The molecule has 118 valence electrons. The number of nitrogens with zero attached hydrogens (tertiary/aromatic N) is 1. The van der Waals surface area contributed by atoms with Gasteiger partial charge in [-0.2, -0.15) is 0 Å². The van der Waals surface area contributed by atoms with Gasteiger partial charge in [0, 0.05) is 12.5 Å². The average molecular weight is 311 g/mol. The molecule has 0 radical (unpaired) electrons. The minimum atomic E-state index is -1.09. The molecule has 1 N–H and O–H groups in total. The largest absolute Gasteiger partial charge is 0.479 e. The van der Waals surface area contributed by atoms with E-state index in [0.717, 1.165) is 12.1 Å². The predicted molar refractivity (Wildman–Crippen MR) is 71.2 cm³/mol. The first-order chi connectivity index (χ1) is 10.5. The standard InChI is InChI=1S/C15H15F2NO4/c16-11-2-1-8(5-12(11)17)9-6-10(9)14(19)18-3-4-22-13(7-18)15(20)21/h1-2,5,9-10,13H,3-4,6-7H2,(H,20,21)/t9-,10-,13+/m1/s1. The highest BCUT2D eigenvalue weighted by atomic mass is 19.2. The van der Waals surface area contributed by atoms with Crippen molar-refractivity contribution < 1.29 is 28.2 Å². The molecular weight excluding hydrogens is 296 g/mol. The predicted octanol–water partition coefficient (Wildman–Crippen LogP) is 1.38. The number of carbonyl (C=O) groups excluding carboxylic acids is 1. The second-order valence-electron chi connectivity index (χ2n) is 5.60. The summed E-state index contributed by atoms with van der Waals surface area (Å²) in [7, 11) is 0. The summed E-state index contributed by atoms with van der Waals surface area (Å²) >= 11 is 0. The quantitative estimate of drug-likeness (QED) is 0.916. The van der Waals surface area contributed by atoms with Gasteiger partial charge >= 0.3 is 5.97 Å². The molecule has 1 aliphatic heterocycles. The van der Waals surface area contributed by atoms with Gasteiger partial charge in [-0.1, -0.05) is 6.07 Å². The number of hydrogen-bond acceptors (Lipinski definition) is 3. The fourth-order valence-electron chi connectivity index (χ4n) is 2.81. The molecule has 1 aromatic rings. The lowest BCUT2D eigenvalue weighted by atomic mass is 10.1. The monoisotopic (exact) mass is 311 g/mol. The summed E-state index contributed by atoms with van der Waals surface area (Å²) < 4.78 is 31.2. The van der Waals surface area contributed by atoms with Crippen LogP contribution in [0.3, 0.4) is 0 Å². The normalized spacial score (nSPS) is 27.5. The van der Waals surface area contributed by atoms with Crippen molar-refractivity contribution in [3.05, 3.63) is 35.4 Å². The number of hydrogen-bond donors (Lipinski definition) is 1. The summed E-state index contributed by atoms with van der Waals surface area (Å²) in [4.78, 5) is 24.8. The third-order valence-electron chi connectivity index (χ3n) is 4.13. The lowest BCUT2D eigenvalue weighted by molar-refractivity contribution is -0.159. The number of carboxylic acids is 1. The van der Waals surface area contributed by atoms with Gasteiger partial charge in [-0.05, 0) is 30.0 Å². The maximum Gasteiger partial charge on any atom is 0.334 e. The Kier molecular flexibility index (Phi) is 3.82. The number of halogens is 2. The van der Waals surface area contributed by atoms with Crippen LogP contribution in [0.1, 0.15) is 17.9 Å². The second-order valence-corrected chi connectivity index (χ2v) is 5.60. The molecule has 0 spiro atoms. The number of carbonyl (C=O) groups is 2. The van der Waals surface area contributed by atoms with Gasteiger partial charge in [-0.3, -0.25) is 4.79 Å². The molecule has 2 fully saturated rings. The number of amides is 1. The lowest BCUT2D eigenvalue weighted by Crippen LogP contribution is -2.49. The molecule has 2 aliphatic rings. The van der Waals surface area contributed by atoms with Gasteiger partial charge in [0.05, 0.1) is 13.2 Å². The van der Waals surface area contributed by atoms with E-state index in [-0.39, 0.29) is 30.9 Å². The van der Waals surface area contributed by atoms with Gasteiger partial charge in [0.25, 0.3) is 0 Å². The van der Waals surface area contributed by atoms with Crippen molar-refractivity contribution in [3.63, 3.8) is 0 Å². The van der Waals surface area contributed by atoms with Crippen LogP contribution in [-0.2, 0) is 14.3 Å². The fraction of sp³-hybridized carbons (Fsp3) is 0.467. The van der Waals surface area contributed by atoms with Crippen molar-refractivity contribution in [3.8, 4) is 0 Å². The summed E-state index contributed by atoms with van der Waals surface area (Å²) in [6.07, 6.45) is -0.433. The highest BCUT2D eigenvalue weighted by molar-refractivity contribution is 5.84. The zero-order valence-electron chi connectivity index (χ0n) is 11.7. The van der Waals surface area contributed by atoms with Gasteiger partial charge in [0.15, 0.2) is 17.7 Å². The Morgan fingerprint density at radius 3 is 2.73 bits per heavy atom. The average Bonchev–Trinajstić information content (AvgIpc) is 3.30. The molecule has 1 saturated heterocycles. The van der Waals surface area contributed by atoms with Crippen LogP contribution in [-0.4, -0.2) is 47.7 Å². The summed E-state index contributed by atoms with van der Waals surface area (Å²) in [5.74, 6) is -3.50. The smallest absolute Gasteiger partial charge is 0.334 e. The van der Waals surface area contributed by atoms with Gasteiger partial charge < -0.3 is 14.7 Å². The van der Waals surface area contributed by atoms with E-state index in [9.17, 15) is 18.4 Å². The first kappa shape index (κ1) is 14.9. The van der Waals surface area contributed by atoms with Crippen molar-refractivity contribution in [1.29, 1.82) is 0 Å². The van der Waals surface area contributed by atoms with E-state index in [1.807, 2.05) is 0 Å². The van der Waals surface area contributed by atoms with Crippen LogP contribution in [0.15, 0.2) is 18.2 Å². The molecule has 1 aromatic carbocycles. The van der Waals surface area contributed by atoms with Crippen LogP contribution in [0.5, 0.6) is 0 Å². The molecule has 1 aliphatic carbocycles. The molecule has 22 heavy (non-hydrogen) atoms. The van der Waals surface area contributed by atoms with E-state index in [1.165, 1.54) is 11.0 Å². The Bertz CT molecular complexity index is 622. The van der Waals surface area contributed by atoms with Crippen LogP contribution in [0.2, 0.25) is 0 Å². The van der Waals surface area contributed by atoms with E-state index in [0.29, 0.717) is 18.5 Å². The lowest BCUT2D eigenvalue weighted by Gasteiger charge is -2.31. The summed E-state index contributed by atoms with van der Waals surface area (Å²) in [5.41, 5.74) is 0.597. The summed E-state index contributed by atoms with van der Waals surface area (Å²) in [6.45, 7) is 0.560. The zero-order valence-corrected chi connectivity index (χ0v) is 11.7. The number of benzene rings is 1. The highest BCUT2D eigenvalue weighted by Gasteiger charge is 2.47. The van der Waals surface area contributed by atoms with Gasteiger partial charge in [0.1, 0.15) is 0 Å². The van der Waals surface area contributed by atoms with Crippen LogP contribution < -0.4 is 0 Å². The Balaban J connectivity index is 1.65. The third-order valence-corrected chi connectivity index (χ3v) is 4.13. The van der Waals surface area contributed by atoms with Gasteiger partial charge in [-0.25, -0.2) is 13.6 Å². The van der Waals surface area contributed by atoms with Gasteiger partial charge in [-0.15, -0.1) is 0 Å². The Labute approximate surface area is 125 Å². The Hall–Kier alpha value is -2.02. The van der Waals surface area contributed by atoms with Gasteiger partial charge in [0.2, 0.25) is 5.91 Å². The van der Waals surface area contributed by atoms with Crippen molar-refractivity contribution in [2.75, 3.05) is 19.7 Å². The molecular formula is C15H15F2NO4. The molecule has 1 amide bonds. The first-order valence-corrected chi connectivity index (χ1v) is 7.05. The van der Waals surface area contributed by atoms with Crippen molar-refractivity contribution in [2.45, 2.75) is 18.4 Å². The molecule has 0 aromatic heterocycles. The maximum atomic E-state index is 13.2. The van der Waals surface area contributed by atoms with Crippen LogP contribution in [0.25, 0.3) is 0 Å². The van der Waals surface area contributed by atoms with E-state index < -0.39 is 23.7 Å². The topological polar surface area (TPSA) is 66.8 Å². The van der Waals surface area contributed by atoms with E-state index in [4.69, 9.17) is 9.84 Å². The van der Waals surface area contributed by atoms with Crippen molar-refractivity contribution >= 4 is 11.9 Å². The number of rotatable bonds is 3. The number of morpholine rings is 1. The molecule has 1 heterocycles. The molecule has 3 rings (SSSR count). The minimum absolute atomic E-state index is 0.0230. The van der Waals surface area contributed by atoms with E-state index in [1.54, 1.807) is 0 Å². The van der Waals surface area contributed by atoms with E-state index in [2.05, 4.69) is 0 Å². The number of aliphatic carboxylic acids is 1. The van der Waals surface area contributed by atoms with Crippen molar-refractivity contribution in [2.24, 2.45) is 5.92 Å². The second kappa shape index (κ2) is 5.64. The first-order valence-electron chi connectivity index (χ1n) is 7.05. The SMILES string of the molecule is O=C(O)[C@@H]1CN(C(=O)[C@@H]2C[C@@H]2c2ccc(F)c(F)c2)CCO1. The maximum absolute atomic E-state index is 13.2. The molecule has 1 saturated carbocycles. The number of ether oxygens (including phenoxy) is 1. The molecule has 0 unspecified atom stereocenters. The minimum Gasteiger partial charge on any atom is -0.479 e. The molecule has 7 heteroatoms. The fourth-order valence-corrected chi connectivity index (χ4v) is 2.81. The molecule has 5 nitrogen and oxygen atoms in total. The van der Waals surface area contributed by atoms with Crippen LogP contribution in [0.4, 0.5) is 8.78 Å². The van der Waals surface area contributed by atoms with Crippen LogP contribution >= 0.6 is 0 Å². The zero-order chi connectivity index (χ0) is 15.9. The third kappa shape index (κ3) is 2.81. The summed E-state index contributed by atoms with van der Waals surface area (Å²) in [5, 5.41) is 8.94. The van der Waals surface area contributed by atoms with Crippen LogP contribution in [0, 0.1) is 17.6 Å². The van der Waals surface area contributed by atoms with Crippen molar-refractivity contribution in [1.82, 2.24) is 4.90 Å². The number of carboxylic acid groups (broad SMARTS) is 1. The molecule has 0 bridgehead atoms. The Morgan fingerprint density at radius 2 is 2.05 bits per heavy atom. The van der Waals surface area contributed by atoms with E-state index >= 15 is 0 Å².